The number of hydrogen-bond acceptors (Lipinski definition) is 5. The molecule has 1 atom stereocenters. The van der Waals surface area contributed by atoms with Crippen LogP contribution in [0, 0.1) is 0 Å². The van der Waals surface area contributed by atoms with Crippen LogP contribution >= 0.6 is 15.9 Å². The van der Waals surface area contributed by atoms with E-state index in [4.69, 9.17) is 0 Å². The predicted molar refractivity (Wildman–Crippen MR) is 115 cm³/mol. The SMILES string of the molecule is CC(=O)Nc1ccc(S(=O)(=O)N[C@@H](C)C(=O)NCc2cn3cc(Br)ccc3n2)cc1. The fourth-order valence-electron chi connectivity index (χ4n) is 2.71. The maximum Gasteiger partial charge on any atom is 0.241 e. The van der Waals surface area contributed by atoms with Gasteiger partial charge in [-0.2, -0.15) is 4.72 Å². The maximum absolute atomic E-state index is 12.5. The number of rotatable bonds is 7. The third kappa shape index (κ3) is 5.43. The predicted octanol–water partition coefficient (Wildman–Crippen LogP) is 2.04. The van der Waals surface area contributed by atoms with Gasteiger partial charge in [0.05, 0.1) is 23.2 Å². The van der Waals surface area contributed by atoms with E-state index in [1.54, 1.807) is 6.20 Å². The molecule has 0 spiro atoms. The minimum atomic E-state index is -3.91. The first-order valence-corrected chi connectivity index (χ1v) is 11.2. The lowest BCUT2D eigenvalue weighted by Gasteiger charge is -2.14. The highest BCUT2D eigenvalue weighted by Gasteiger charge is 2.22. The van der Waals surface area contributed by atoms with Crippen molar-refractivity contribution in [2.24, 2.45) is 0 Å². The average Bonchev–Trinajstić information content (AvgIpc) is 3.07. The van der Waals surface area contributed by atoms with E-state index in [0.717, 1.165) is 10.1 Å². The third-order valence-corrected chi connectivity index (χ3v) is 6.14. The molecule has 0 aliphatic carbocycles. The van der Waals surface area contributed by atoms with E-state index < -0.39 is 22.0 Å². The van der Waals surface area contributed by atoms with Crippen LogP contribution < -0.4 is 15.4 Å². The molecular formula is C19H20BrN5O4S. The first-order valence-electron chi connectivity index (χ1n) is 8.95. The van der Waals surface area contributed by atoms with Gasteiger partial charge in [0, 0.05) is 29.5 Å². The molecule has 3 N–H and O–H groups in total. The molecule has 9 nitrogen and oxygen atoms in total. The second-order valence-electron chi connectivity index (χ2n) is 6.61. The molecule has 3 rings (SSSR count). The summed E-state index contributed by atoms with van der Waals surface area (Å²) in [6, 6.07) is 8.37. The Bertz CT molecular complexity index is 1190. The molecule has 2 heterocycles. The zero-order valence-corrected chi connectivity index (χ0v) is 18.6. The van der Waals surface area contributed by atoms with E-state index in [1.807, 2.05) is 22.7 Å². The lowest BCUT2D eigenvalue weighted by molar-refractivity contribution is -0.122. The van der Waals surface area contributed by atoms with Crippen molar-refractivity contribution in [1.29, 1.82) is 0 Å². The summed E-state index contributed by atoms with van der Waals surface area (Å²) in [5.74, 6) is -0.737. The standard InChI is InChI=1S/C19H20BrN5O4S/c1-12(24-30(28,29)17-6-4-15(5-7-17)22-13(2)26)19(27)21-9-16-11-25-10-14(20)3-8-18(25)23-16/h3-8,10-12,24H,9H2,1-2H3,(H,21,27)(H,22,26)/t12-/m0/s1. The Kier molecular flexibility index (Phi) is 6.54. The van der Waals surface area contributed by atoms with Gasteiger partial charge in [-0.05, 0) is 59.3 Å². The van der Waals surface area contributed by atoms with E-state index in [0.29, 0.717) is 11.4 Å². The van der Waals surface area contributed by atoms with Gasteiger partial charge in [-0.25, -0.2) is 13.4 Å². The highest BCUT2D eigenvalue weighted by atomic mass is 79.9. The van der Waals surface area contributed by atoms with Crippen molar-refractivity contribution in [2.75, 3.05) is 5.32 Å². The van der Waals surface area contributed by atoms with Crippen LogP contribution in [-0.2, 0) is 26.2 Å². The summed E-state index contributed by atoms with van der Waals surface area (Å²) in [5.41, 5.74) is 1.86. The Labute approximate surface area is 182 Å². The largest absolute Gasteiger partial charge is 0.349 e. The van der Waals surface area contributed by atoms with Crippen molar-refractivity contribution >= 4 is 49.1 Å². The lowest BCUT2D eigenvalue weighted by atomic mass is 10.3. The van der Waals surface area contributed by atoms with Crippen molar-refractivity contribution in [3.63, 3.8) is 0 Å². The number of carbonyl (C=O) groups excluding carboxylic acids is 2. The summed E-state index contributed by atoms with van der Waals surface area (Å²) in [4.78, 5) is 27.8. The van der Waals surface area contributed by atoms with Crippen molar-refractivity contribution in [2.45, 2.75) is 31.3 Å². The minimum absolute atomic E-state index is 0.0119. The van der Waals surface area contributed by atoms with Gasteiger partial charge in [-0.1, -0.05) is 0 Å². The summed E-state index contributed by atoms with van der Waals surface area (Å²) < 4.78 is 30.1. The zero-order chi connectivity index (χ0) is 21.9. The molecule has 0 aliphatic rings. The average molecular weight is 494 g/mol. The second kappa shape index (κ2) is 8.94. The second-order valence-corrected chi connectivity index (χ2v) is 9.24. The first-order chi connectivity index (χ1) is 14.1. The molecule has 0 saturated carbocycles. The number of hydrogen-bond donors (Lipinski definition) is 3. The van der Waals surface area contributed by atoms with Crippen molar-refractivity contribution in [3.8, 4) is 0 Å². The topological polar surface area (TPSA) is 122 Å². The molecular weight excluding hydrogens is 474 g/mol. The Hall–Kier alpha value is -2.76. The van der Waals surface area contributed by atoms with Gasteiger partial charge in [0.15, 0.2) is 0 Å². The van der Waals surface area contributed by atoms with Crippen LogP contribution in [0.2, 0.25) is 0 Å². The number of imidazole rings is 1. The third-order valence-electron chi connectivity index (χ3n) is 4.12. The fraction of sp³-hybridized carbons (Fsp3) is 0.211. The van der Waals surface area contributed by atoms with Gasteiger partial charge >= 0.3 is 0 Å². The van der Waals surface area contributed by atoms with Crippen LogP contribution in [-0.4, -0.2) is 35.7 Å². The number of sulfonamides is 1. The quantitative estimate of drug-likeness (QED) is 0.464. The number of amides is 2. The van der Waals surface area contributed by atoms with Crippen LogP contribution in [0.3, 0.4) is 0 Å². The van der Waals surface area contributed by atoms with E-state index in [9.17, 15) is 18.0 Å². The van der Waals surface area contributed by atoms with Gasteiger partial charge in [0.25, 0.3) is 0 Å². The molecule has 1 aromatic carbocycles. The zero-order valence-electron chi connectivity index (χ0n) is 16.2. The van der Waals surface area contributed by atoms with Gasteiger partial charge < -0.3 is 15.0 Å². The van der Waals surface area contributed by atoms with E-state index in [-0.39, 0.29) is 17.3 Å². The fourth-order valence-corrected chi connectivity index (χ4v) is 4.26. The normalized spacial score (nSPS) is 12.5. The van der Waals surface area contributed by atoms with Gasteiger partial charge in [0.2, 0.25) is 21.8 Å². The number of aromatic nitrogens is 2. The minimum Gasteiger partial charge on any atom is -0.349 e. The molecule has 0 aliphatic heterocycles. The lowest BCUT2D eigenvalue weighted by Crippen LogP contribution is -2.44. The van der Waals surface area contributed by atoms with Crippen LogP contribution in [0.5, 0.6) is 0 Å². The number of anilines is 1. The first kappa shape index (κ1) is 21.9. The summed E-state index contributed by atoms with van der Waals surface area (Å²) in [6.45, 7) is 2.98. The van der Waals surface area contributed by atoms with Crippen molar-refractivity contribution < 1.29 is 18.0 Å². The van der Waals surface area contributed by atoms with Crippen LogP contribution in [0.1, 0.15) is 19.5 Å². The molecule has 3 aromatic rings. The van der Waals surface area contributed by atoms with Crippen LogP contribution in [0.15, 0.2) is 58.2 Å². The van der Waals surface area contributed by atoms with Crippen LogP contribution in [0.25, 0.3) is 5.65 Å². The number of pyridine rings is 1. The molecule has 2 aromatic heterocycles. The molecule has 0 unspecified atom stereocenters. The maximum atomic E-state index is 12.5. The smallest absolute Gasteiger partial charge is 0.241 e. The van der Waals surface area contributed by atoms with E-state index >= 15 is 0 Å². The molecule has 0 fully saturated rings. The van der Waals surface area contributed by atoms with E-state index in [1.165, 1.54) is 38.1 Å². The Morgan fingerprint density at radius 2 is 1.83 bits per heavy atom. The molecule has 0 saturated heterocycles. The van der Waals surface area contributed by atoms with Crippen molar-refractivity contribution in [3.05, 3.63) is 59.0 Å². The Balaban J connectivity index is 1.60. The molecule has 30 heavy (non-hydrogen) atoms. The Morgan fingerprint density at radius 1 is 1.13 bits per heavy atom. The van der Waals surface area contributed by atoms with Gasteiger partial charge in [-0.3, -0.25) is 9.59 Å². The number of nitrogens with one attached hydrogen (secondary N) is 3. The number of nitrogens with zero attached hydrogens (tertiary/aromatic N) is 2. The molecule has 2 amide bonds. The van der Waals surface area contributed by atoms with Crippen LogP contribution in [0.4, 0.5) is 5.69 Å². The van der Waals surface area contributed by atoms with E-state index in [2.05, 4.69) is 36.3 Å². The molecule has 158 valence electrons. The number of benzene rings is 1. The molecule has 0 radical (unpaired) electrons. The highest BCUT2D eigenvalue weighted by Crippen LogP contribution is 2.15. The summed E-state index contributed by atoms with van der Waals surface area (Å²) in [5, 5.41) is 5.24. The Morgan fingerprint density at radius 3 is 2.50 bits per heavy atom. The van der Waals surface area contributed by atoms with Crippen molar-refractivity contribution in [1.82, 2.24) is 19.4 Å². The monoisotopic (exact) mass is 493 g/mol. The van der Waals surface area contributed by atoms with Gasteiger partial charge in [0.1, 0.15) is 5.65 Å². The highest BCUT2D eigenvalue weighted by molar-refractivity contribution is 9.10. The summed E-state index contributed by atoms with van der Waals surface area (Å²) >= 11 is 3.38. The van der Waals surface area contributed by atoms with Gasteiger partial charge in [-0.15, -0.1) is 0 Å². The summed E-state index contributed by atoms with van der Waals surface area (Å²) in [6.07, 6.45) is 3.63. The molecule has 0 bridgehead atoms. The number of halogens is 1. The summed E-state index contributed by atoms with van der Waals surface area (Å²) in [7, 11) is -3.91. The number of carbonyl (C=O) groups is 2. The molecule has 11 heteroatoms. The number of fused-ring (bicyclic) bond motifs is 1.